The molecule has 2 heterocycles. The van der Waals surface area contributed by atoms with Crippen LogP contribution in [0.1, 0.15) is 29.3 Å². The topological polar surface area (TPSA) is 80.1 Å². The number of nitrogens with one attached hydrogen (secondary N) is 1. The first-order chi connectivity index (χ1) is 11.2. The Kier molecular flexibility index (Phi) is 4.36. The summed E-state index contributed by atoms with van der Waals surface area (Å²) in [5, 5.41) is 6.86. The van der Waals surface area contributed by atoms with Crippen LogP contribution >= 0.6 is 0 Å². The van der Waals surface area contributed by atoms with E-state index >= 15 is 0 Å². The third kappa shape index (κ3) is 3.08. The van der Waals surface area contributed by atoms with E-state index in [0.29, 0.717) is 31.6 Å². The van der Waals surface area contributed by atoms with Crippen molar-refractivity contribution < 1.29 is 9.59 Å². The van der Waals surface area contributed by atoms with Gasteiger partial charge in [0.15, 0.2) is 0 Å². The molecule has 1 aromatic heterocycles. The Labute approximate surface area is 134 Å². The minimum Gasteiger partial charge on any atom is -0.352 e. The molecule has 0 spiro atoms. The van der Waals surface area contributed by atoms with Crippen molar-refractivity contribution in [2.24, 2.45) is 0 Å². The maximum atomic E-state index is 12.5. The highest BCUT2D eigenvalue weighted by atomic mass is 16.2. The van der Waals surface area contributed by atoms with Gasteiger partial charge in [-0.3, -0.25) is 14.3 Å². The highest BCUT2D eigenvalue weighted by Crippen LogP contribution is 2.25. The van der Waals surface area contributed by atoms with Crippen molar-refractivity contribution in [1.29, 1.82) is 0 Å². The van der Waals surface area contributed by atoms with Crippen molar-refractivity contribution in [3.63, 3.8) is 0 Å². The number of hydrogen-bond donors (Lipinski definition) is 1. The molecule has 7 nitrogen and oxygen atoms in total. The van der Waals surface area contributed by atoms with Gasteiger partial charge in [-0.15, -0.1) is 0 Å². The monoisotopic (exact) mass is 313 g/mol. The van der Waals surface area contributed by atoms with Crippen LogP contribution in [0.15, 0.2) is 36.9 Å². The van der Waals surface area contributed by atoms with Crippen LogP contribution in [0.2, 0.25) is 0 Å². The molecule has 0 aliphatic carbocycles. The van der Waals surface area contributed by atoms with E-state index in [2.05, 4.69) is 15.4 Å². The fourth-order valence-electron chi connectivity index (χ4n) is 2.84. The van der Waals surface area contributed by atoms with Crippen molar-refractivity contribution in [2.45, 2.75) is 32.5 Å². The van der Waals surface area contributed by atoms with Crippen molar-refractivity contribution in [1.82, 2.24) is 25.0 Å². The Bertz CT molecular complexity index is 698. The molecular formula is C16H19N5O2. The van der Waals surface area contributed by atoms with Gasteiger partial charge in [-0.05, 0) is 18.1 Å². The number of hydrogen-bond acceptors (Lipinski definition) is 4. The van der Waals surface area contributed by atoms with E-state index < -0.39 is 6.04 Å². The summed E-state index contributed by atoms with van der Waals surface area (Å²) in [7, 11) is 0. The largest absolute Gasteiger partial charge is 0.352 e. The normalized spacial score (nSPS) is 14.7. The summed E-state index contributed by atoms with van der Waals surface area (Å²) in [5.41, 5.74) is 1.67. The number of rotatable bonds is 6. The molecule has 1 aliphatic heterocycles. The summed E-state index contributed by atoms with van der Waals surface area (Å²) >= 11 is 0. The number of carbonyl (C=O) groups excluding carboxylic acids is 2. The van der Waals surface area contributed by atoms with Crippen LogP contribution in [0.4, 0.5) is 0 Å². The number of benzene rings is 1. The van der Waals surface area contributed by atoms with Gasteiger partial charge in [0.05, 0.1) is 6.54 Å². The van der Waals surface area contributed by atoms with Crippen molar-refractivity contribution >= 4 is 11.8 Å². The van der Waals surface area contributed by atoms with Crippen LogP contribution in [-0.4, -0.2) is 44.1 Å². The lowest BCUT2D eigenvalue weighted by Crippen LogP contribution is -2.47. The number of carbonyl (C=O) groups is 2. The van der Waals surface area contributed by atoms with E-state index in [0.717, 1.165) is 5.56 Å². The fraction of sp³-hybridized carbons (Fsp3) is 0.375. The van der Waals surface area contributed by atoms with Gasteiger partial charge >= 0.3 is 0 Å². The average molecular weight is 313 g/mol. The van der Waals surface area contributed by atoms with Crippen LogP contribution in [0, 0.1) is 0 Å². The van der Waals surface area contributed by atoms with Crippen molar-refractivity contribution in [2.75, 3.05) is 6.54 Å². The summed E-state index contributed by atoms with van der Waals surface area (Å²) < 4.78 is 1.65. The lowest BCUT2D eigenvalue weighted by Gasteiger charge is -2.25. The van der Waals surface area contributed by atoms with E-state index in [4.69, 9.17) is 0 Å². The Morgan fingerprint density at radius 3 is 2.91 bits per heavy atom. The molecule has 3 rings (SSSR count). The molecule has 0 radical (unpaired) electrons. The number of fused-ring (bicyclic) bond motifs is 1. The van der Waals surface area contributed by atoms with E-state index in [1.54, 1.807) is 15.9 Å². The standard InChI is InChI=1S/C16H19N5O2/c1-2-14(15(22)18-7-8-20-11-17-10-19-20)21-9-12-5-3-4-6-13(12)16(21)23/h3-6,10-11,14H,2,7-9H2,1H3,(H,18,22)/t14-/m1/s1. The van der Waals surface area contributed by atoms with Gasteiger partial charge in [-0.1, -0.05) is 25.1 Å². The van der Waals surface area contributed by atoms with Crippen molar-refractivity contribution in [3.8, 4) is 0 Å². The molecule has 0 fully saturated rings. The van der Waals surface area contributed by atoms with E-state index in [9.17, 15) is 9.59 Å². The van der Waals surface area contributed by atoms with Gasteiger partial charge in [-0.25, -0.2) is 4.98 Å². The molecule has 0 bridgehead atoms. The summed E-state index contributed by atoms with van der Waals surface area (Å²) in [5.74, 6) is -0.201. The molecule has 1 atom stereocenters. The fourth-order valence-corrected chi connectivity index (χ4v) is 2.84. The highest BCUT2D eigenvalue weighted by Gasteiger charge is 2.34. The molecule has 0 saturated carbocycles. The van der Waals surface area contributed by atoms with Gasteiger partial charge < -0.3 is 10.2 Å². The molecule has 1 aliphatic rings. The second-order valence-corrected chi connectivity index (χ2v) is 5.46. The molecule has 1 N–H and O–H groups in total. The Morgan fingerprint density at radius 2 is 2.22 bits per heavy atom. The lowest BCUT2D eigenvalue weighted by molar-refractivity contribution is -0.125. The Balaban J connectivity index is 1.61. The van der Waals surface area contributed by atoms with E-state index in [-0.39, 0.29) is 11.8 Å². The molecule has 120 valence electrons. The zero-order valence-electron chi connectivity index (χ0n) is 13.0. The zero-order valence-corrected chi connectivity index (χ0v) is 13.0. The Hall–Kier alpha value is -2.70. The maximum absolute atomic E-state index is 12.5. The molecule has 1 aromatic carbocycles. The zero-order chi connectivity index (χ0) is 16.2. The first-order valence-corrected chi connectivity index (χ1v) is 7.69. The third-order valence-electron chi connectivity index (χ3n) is 4.02. The summed E-state index contributed by atoms with van der Waals surface area (Å²) in [4.78, 5) is 30.4. The first kappa shape index (κ1) is 15.2. The second-order valence-electron chi connectivity index (χ2n) is 5.46. The predicted molar refractivity (Wildman–Crippen MR) is 83.4 cm³/mol. The van der Waals surface area contributed by atoms with E-state index in [1.807, 2.05) is 31.2 Å². The molecule has 7 heteroatoms. The minimum atomic E-state index is -0.453. The first-order valence-electron chi connectivity index (χ1n) is 7.69. The molecule has 0 unspecified atom stereocenters. The van der Waals surface area contributed by atoms with Crippen LogP contribution in [0.3, 0.4) is 0 Å². The summed E-state index contributed by atoms with van der Waals surface area (Å²) in [6.45, 7) is 3.41. The molecular weight excluding hydrogens is 294 g/mol. The second kappa shape index (κ2) is 6.60. The predicted octanol–water partition coefficient (Wildman–Crippen LogP) is 0.829. The molecule has 23 heavy (non-hydrogen) atoms. The quantitative estimate of drug-likeness (QED) is 0.856. The summed E-state index contributed by atoms with van der Waals surface area (Å²) in [6.07, 6.45) is 3.63. The average Bonchev–Trinajstić information content (AvgIpc) is 3.18. The van der Waals surface area contributed by atoms with Gasteiger partial charge in [0.25, 0.3) is 5.91 Å². The molecule has 2 amide bonds. The van der Waals surface area contributed by atoms with Crippen LogP contribution in [0.5, 0.6) is 0 Å². The minimum absolute atomic E-state index is 0.0705. The van der Waals surface area contributed by atoms with Gasteiger partial charge in [0.2, 0.25) is 5.91 Å². The van der Waals surface area contributed by atoms with Gasteiger partial charge in [-0.2, -0.15) is 5.10 Å². The van der Waals surface area contributed by atoms with Gasteiger partial charge in [0, 0.05) is 18.7 Å². The smallest absolute Gasteiger partial charge is 0.255 e. The maximum Gasteiger partial charge on any atom is 0.255 e. The number of amides is 2. The third-order valence-corrected chi connectivity index (χ3v) is 4.02. The number of aromatic nitrogens is 3. The van der Waals surface area contributed by atoms with E-state index in [1.165, 1.54) is 6.33 Å². The summed E-state index contributed by atoms with van der Waals surface area (Å²) in [6, 6.07) is 7.05. The number of nitrogens with zero attached hydrogens (tertiary/aromatic N) is 4. The molecule has 2 aromatic rings. The van der Waals surface area contributed by atoms with Gasteiger partial charge in [0.1, 0.15) is 18.7 Å². The highest BCUT2D eigenvalue weighted by molar-refractivity contribution is 6.01. The SMILES string of the molecule is CC[C@H](C(=O)NCCn1cncn1)N1Cc2ccccc2C1=O. The van der Waals surface area contributed by atoms with Crippen molar-refractivity contribution in [3.05, 3.63) is 48.0 Å². The lowest BCUT2D eigenvalue weighted by atomic mass is 10.1. The molecule has 0 saturated heterocycles. The van der Waals surface area contributed by atoms with Crippen LogP contribution in [0.25, 0.3) is 0 Å². The van der Waals surface area contributed by atoms with Crippen LogP contribution in [-0.2, 0) is 17.9 Å². The van der Waals surface area contributed by atoms with Crippen LogP contribution < -0.4 is 5.32 Å². The Morgan fingerprint density at radius 1 is 1.39 bits per heavy atom.